The number of nitrogens with two attached hydrogens (primary N) is 1. The molecule has 7 N–H and O–H groups in total. The number of hydrogen-bond acceptors (Lipinski definition) is 7. The fourth-order valence-electron chi connectivity index (χ4n) is 3.33. The molecule has 0 aromatic heterocycles. The Morgan fingerprint density at radius 2 is 1.77 bits per heavy atom. The van der Waals surface area contributed by atoms with Crippen molar-refractivity contribution in [2.24, 2.45) is 11.7 Å². The van der Waals surface area contributed by atoms with Crippen molar-refractivity contribution in [3.8, 4) is 0 Å². The number of rotatable bonds is 11. The van der Waals surface area contributed by atoms with Gasteiger partial charge in [-0.2, -0.15) is 0 Å². The normalized spacial score (nSPS) is 19.6. The number of carbonyl (C=O) groups excluding carboxylic acids is 4. The monoisotopic (exact) mass is 443 g/mol. The predicted octanol–water partition coefficient (Wildman–Crippen LogP) is -2.47. The third-order valence-electron chi connectivity index (χ3n) is 5.30. The van der Waals surface area contributed by atoms with Crippen LogP contribution in [-0.4, -0.2) is 88.6 Å². The summed E-state index contributed by atoms with van der Waals surface area (Å²) in [5, 5.41) is 25.8. The van der Waals surface area contributed by atoms with Gasteiger partial charge in [0.1, 0.15) is 24.7 Å². The second-order valence-electron chi connectivity index (χ2n) is 7.66. The molecule has 0 aromatic rings. The zero-order valence-electron chi connectivity index (χ0n) is 18.1. The van der Waals surface area contributed by atoms with Gasteiger partial charge in [-0.05, 0) is 25.7 Å². The van der Waals surface area contributed by atoms with Crippen LogP contribution in [0.2, 0.25) is 0 Å². The minimum absolute atomic E-state index is 0.288. The lowest BCUT2D eigenvalue weighted by Crippen LogP contribution is -2.60. The van der Waals surface area contributed by atoms with Crippen molar-refractivity contribution < 1.29 is 34.2 Å². The molecule has 1 aliphatic rings. The van der Waals surface area contributed by atoms with Gasteiger partial charge in [0.25, 0.3) is 0 Å². The van der Waals surface area contributed by atoms with Crippen LogP contribution < -0.4 is 21.7 Å². The molecule has 0 radical (unpaired) electrons. The summed E-state index contributed by atoms with van der Waals surface area (Å²) in [5.74, 6) is -3.94. The molecule has 31 heavy (non-hydrogen) atoms. The first-order valence-corrected chi connectivity index (χ1v) is 10.3. The van der Waals surface area contributed by atoms with Crippen molar-refractivity contribution in [1.82, 2.24) is 20.9 Å². The topological polar surface area (TPSA) is 191 Å². The maximum Gasteiger partial charge on any atom is 0.322 e. The van der Waals surface area contributed by atoms with Crippen LogP contribution in [0.4, 0.5) is 0 Å². The number of aliphatic hydroxyl groups is 1. The predicted molar refractivity (Wildman–Crippen MR) is 109 cm³/mol. The van der Waals surface area contributed by atoms with Crippen LogP contribution in [-0.2, 0) is 24.0 Å². The number of amides is 4. The highest BCUT2D eigenvalue weighted by atomic mass is 16.4. The second kappa shape index (κ2) is 12.2. The molecule has 12 nitrogen and oxygen atoms in total. The molecule has 0 aromatic carbocycles. The van der Waals surface area contributed by atoms with Crippen molar-refractivity contribution in [3.63, 3.8) is 0 Å². The Hall–Kier alpha value is -2.73. The van der Waals surface area contributed by atoms with Crippen molar-refractivity contribution in [2.45, 2.75) is 64.3 Å². The molecule has 1 rings (SSSR count). The zero-order valence-corrected chi connectivity index (χ0v) is 18.1. The fourth-order valence-corrected chi connectivity index (χ4v) is 3.33. The van der Waals surface area contributed by atoms with E-state index in [1.54, 1.807) is 6.92 Å². The first kappa shape index (κ1) is 26.3. The van der Waals surface area contributed by atoms with Gasteiger partial charge in [0.2, 0.25) is 23.6 Å². The lowest BCUT2D eigenvalue weighted by molar-refractivity contribution is -0.144. The maximum atomic E-state index is 13.3. The van der Waals surface area contributed by atoms with Gasteiger partial charge in [0.15, 0.2) is 0 Å². The number of likely N-dealkylation sites (tertiary alicyclic amines) is 1. The van der Waals surface area contributed by atoms with E-state index >= 15 is 0 Å². The van der Waals surface area contributed by atoms with Gasteiger partial charge in [-0.3, -0.25) is 24.0 Å². The lowest BCUT2D eigenvalue weighted by atomic mass is 9.96. The molecule has 1 fully saturated rings. The maximum absolute atomic E-state index is 13.3. The summed E-state index contributed by atoms with van der Waals surface area (Å²) >= 11 is 0. The third-order valence-corrected chi connectivity index (χ3v) is 5.30. The summed E-state index contributed by atoms with van der Waals surface area (Å²) in [4.78, 5) is 62.0. The second-order valence-corrected chi connectivity index (χ2v) is 7.66. The SMILES string of the molecule is CC[C@H](C)[C@H](NC(=O)[C@@H](NC(=O)CN)[C@@H](C)O)C(=O)N1CCC[C@H]1C(=O)NCC(=O)O. The van der Waals surface area contributed by atoms with E-state index < -0.39 is 60.4 Å². The number of aliphatic carboxylic acids is 1. The van der Waals surface area contributed by atoms with E-state index in [1.807, 2.05) is 6.92 Å². The highest BCUT2D eigenvalue weighted by Gasteiger charge is 2.40. The molecule has 0 spiro atoms. The van der Waals surface area contributed by atoms with Gasteiger partial charge in [0, 0.05) is 6.54 Å². The smallest absolute Gasteiger partial charge is 0.322 e. The van der Waals surface area contributed by atoms with E-state index in [-0.39, 0.29) is 19.0 Å². The van der Waals surface area contributed by atoms with Crippen LogP contribution in [0.5, 0.6) is 0 Å². The summed E-state index contributed by atoms with van der Waals surface area (Å²) in [6.45, 7) is 4.28. The van der Waals surface area contributed by atoms with Crippen LogP contribution in [0.3, 0.4) is 0 Å². The van der Waals surface area contributed by atoms with Gasteiger partial charge in [-0.15, -0.1) is 0 Å². The molecule has 4 amide bonds. The zero-order chi connectivity index (χ0) is 23.7. The number of hydrogen-bond donors (Lipinski definition) is 6. The Balaban J connectivity index is 3.00. The molecular weight excluding hydrogens is 410 g/mol. The summed E-state index contributed by atoms with van der Waals surface area (Å²) < 4.78 is 0. The number of aliphatic hydroxyl groups excluding tert-OH is 1. The van der Waals surface area contributed by atoms with E-state index in [0.717, 1.165) is 0 Å². The first-order chi connectivity index (χ1) is 14.5. The number of carbonyl (C=O) groups is 5. The average Bonchev–Trinajstić information content (AvgIpc) is 3.22. The number of carboxylic acids is 1. The summed E-state index contributed by atoms with van der Waals surface area (Å²) in [6, 6.07) is -3.13. The van der Waals surface area contributed by atoms with Gasteiger partial charge in [-0.25, -0.2) is 0 Å². The van der Waals surface area contributed by atoms with Crippen molar-refractivity contribution in [2.75, 3.05) is 19.6 Å². The van der Waals surface area contributed by atoms with Crippen LogP contribution in [0.25, 0.3) is 0 Å². The molecule has 0 aliphatic carbocycles. The average molecular weight is 444 g/mol. The fraction of sp³-hybridized carbons (Fsp3) is 0.737. The van der Waals surface area contributed by atoms with Gasteiger partial charge >= 0.3 is 5.97 Å². The Kier molecular flexibility index (Phi) is 10.4. The molecular formula is C19H33N5O7. The van der Waals surface area contributed by atoms with Crippen molar-refractivity contribution in [1.29, 1.82) is 0 Å². The molecule has 5 atom stereocenters. The Bertz CT molecular complexity index is 685. The minimum Gasteiger partial charge on any atom is -0.480 e. The van der Waals surface area contributed by atoms with Gasteiger partial charge in [-0.1, -0.05) is 20.3 Å². The summed E-state index contributed by atoms with van der Waals surface area (Å²) in [6.07, 6.45) is 0.237. The van der Waals surface area contributed by atoms with Crippen LogP contribution in [0.15, 0.2) is 0 Å². The van der Waals surface area contributed by atoms with E-state index in [2.05, 4.69) is 16.0 Å². The van der Waals surface area contributed by atoms with Gasteiger partial charge < -0.3 is 36.8 Å². The summed E-state index contributed by atoms with van der Waals surface area (Å²) in [5.41, 5.74) is 5.25. The molecule has 1 saturated heterocycles. The number of carboxylic acid groups (broad SMARTS) is 1. The molecule has 1 aliphatic heterocycles. The lowest BCUT2D eigenvalue weighted by Gasteiger charge is -2.32. The first-order valence-electron chi connectivity index (χ1n) is 10.3. The van der Waals surface area contributed by atoms with E-state index in [1.165, 1.54) is 11.8 Å². The summed E-state index contributed by atoms with van der Waals surface area (Å²) in [7, 11) is 0. The van der Waals surface area contributed by atoms with Crippen LogP contribution in [0.1, 0.15) is 40.0 Å². The largest absolute Gasteiger partial charge is 0.480 e. The molecule has 0 bridgehead atoms. The highest BCUT2D eigenvalue weighted by molar-refractivity contribution is 5.95. The quantitative estimate of drug-likeness (QED) is 0.202. The van der Waals surface area contributed by atoms with E-state index in [9.17, 15) is 29.1 Å². The van der Waals surface area contributed by atoms with Crippen LogP contribution in [0, 0.1) is 5.92 Å². The standard InChI is InChI=1S/C19H33N5O7/c1-4-10(2)15(23-18(30)16(11(3)25)22-13(26)8-20)19(31)24-7-5-6-12(24)17(29)21-9-14(27)28/h10-12,15-16,25H,4-9,20H2,1-3H3,(H,21,29)(H,22,26)(H,23,30)(H,27,28)/t10-,11+,12-,15-,16-/m0/s1. The third kappa shape index (κ3) is 7.47. The number of nitrogens with zero attached hydrogens (tertiary/aromatic N) is 1. The Morgan fingerprint density at radius 3 is 2.29 bits per heavy atom. The molecule has 0 saturated carbocycles. The Morgan fingerprint density at radius 1 is 1.13 bits per heavy atom. The molecule has 176 valence electrons. The molecule has 0 unspecified atom stereocenters. The van der Waals surface area contributed by atoms with Crippen molar-refractivity contribution >= 4 is 29.6 Å². The van der Waals surface area contributed by atoms with Crippen LogP contribution >= 0.6 is 0 Å². The molecule has 1 heterocycles. The minimum atomic E-state index is -1.30. The van der Waals surface area contributed by atoms with Gasteiger partial charge in [0.05, 0.1) is 12.6 Å². The van der Waals surface area contributed by atoms with Crippen molar-refractivity contribution in [3.05, 3.63) is 0 Å². The molecule has 12 heteroatoms. The van der Waals surface area contributed by atoms with E-state index in [4.69, 9.17) is 10.8 Å². The van der Waals surface area contributed by atoms with E-state index in [0.29, 0.717) is 19.3 Å². The number of nitrogens with one attached hydrogen (secondary N) is 3. The Labute approximate surface area is 180 Å². The highest BCUT2D eigenvalue weighted by Crippen LogP contribution is 2.21.